The maximum Gasteiger partial charge on any atom is 0.153 e. The summed E-state index contributed by atoms with van der Waals surface area (Å²) in [5.41, 5.74) is 0. The molecule has 0 aromatic rings. The molecule has 56 valence electrons. The van der Waals surface area contributed by atoms with Crippen molar-refractivity contribution in [2.24, 2.45) is 0 Å². The molecule has 0 amide bonds. The highest BCUT2D eigenvalue weighted by Gasteiger charge is 1.97. The highest BCUT2D eigenvalue weighted by Crippen LogP contribution is 1.84. The van der Waals surface area contributed by atoms with Gasteiger partial charge in [-0.25, -0.2) is 8.42 Å². The van der Waals surface area contributed by atoms with E-state index in [1.807, 2.05) is 18.7 Å². The van der Waals surface area contributed by atoms with E-state index in [1.54, 1.807) is 0 Å². The lowest BCUT2D eigenvalue weighted by Crippen LogP contribution is -2.24. The summed E-state index contributed by atoms with van der Waals surface area (Å²) in [4.78, 5) is 1.85. The summed E-state index contributed by atoms with van der Waals surface area (Å²) in [7, 11) is -2.23. The third kappa shape index (κ3) is 4.42. The Morgan fingerprint density at radius 3 is 1.78 bits per heavy atom. The monoisotopic (exact) mass is 151 g/mol. The summed E-state index contributed by atoms with van der Waals surface area (Å²) in [5, 5.41) is 0. The largest absolute Gasteiger partial charge is 0.291 e. The van der Waals surface area contributed by atoms with Crippen LogP contribution in [-0.4, -0.2) is 32.3 Å². The van der Waals surface area contributed by atoms with Crippen LogP contribution in [0, 0.1) is 0 Å². The van der Waals surface area contributed by atoms with Crippen LogP contribution in [-0.2, 0) is 10.7 Å². The smallest absolute Gasteiger partial charge is 0.153 e. The normalized spacial score (nSPS) is 11.1. The minimum atomic E-state index is -2.23. The van der Waals surface area contributed by atoms with Gasteiger partial charge >= 0.3 is 0 Å². The van der Waals surface area contributed by atoms with Gasteiger partial charge < -0.3 is 0 Å². The highest BCUT2D eigenvalue weighted by atomic mass is 32.2. The average molecular weight is 151 g/mol. The Morgan fingerprint density at radius 2 is 1.67 bits per heavy atom. The van der Waals surface area contributed by atoms with Crippen LogP contribution in [0.2, 0.25) is 0 Å². The van der Waals surface area contributed by atoms with Gasteiger partial charge in [0.15, 0.2) is 10.7 Å². The van der Waals surface area contributed by atoms with Crippen molar-refractivity contribution in [3.05, 3.63) is 0 Å². The number of thiol groups is 1. The molecule has 0 N–H and O–H groups in total. The van der Waals surface area contributed by atoms with Crippen LogP contribution in [0.5, 0.6) is 0 Å². The van der Waals surface area contributed by atoms with Crippen LogP contribution in [0.3, 0.4) is 0 Å². The van der Waals surface area contributed by atoms with Gasteiger partial charge in [-0.3, -0.25) is 4.90 Å². The lowest BCUT2D eigenvalue weighted by molar-refractivity contribution is 0.351. The Bertz CT molecular complexity index is 121. The van der Waals surface area contributed by atoms with Crippen molar-refractivity contribution in [1.82, 2.24) is 4.90 Å². The van der Waals surface area contributed by atoms with Gasteiger partial charge in [0.1, 0.15) is 0 Å². The SMILES string of the molecule is CCN(CC)C[SH](=O)=O. The highest BCUT2D eigenvalue weighted by molar-refractivity contribution is 7.72. The molecule has 3 nitrogen and oxygen atoms in total. The lowest BCUT2D eigenvalue weighted by atomic mass is 10.6. The molecule has 0 aliphatic heterocycles. The zero-order valence-corrected chi connectivity index (χ0v) is 6.73. The Balaban J connectivity index is 3.55. The van der Waals surface area contributed by atoms with E-state index in [2.05, 4.69) is 0 Å². The number of nitrogens with zero attached hydrogens (tertiary/aromatic N) is 1. The maximum atomic E-state index is 10.1. The van der Waals surface area contributed by atoms with Crippen LogP contribution < -0.4 is 0 Å². The Kier molecular flexibility index (Phi) is 4.71. The molecule has 0 rings (SSSR count). The predicted octanol–water partition coefficient (Wildman–Crippen LogP) is -0.103. The standard InChI is InChI=1S/C5H13NO2S/c1-3-6(4-2)5-9(7)8/h9H,3-5H2,1-2H3. The molecule has 0 aromatic heterocycles. The quantitative estimate of drug-likeness (QED) is 0.570. The summed E-state index contributed by atoms with van der Waals surface area (Å²) < 4.78 is 20.2. The fourth-order valence-corrected chi connectivity index (χ4v) is 1.31. The van der Waals surface area contributed by atoms with E-state index in [1.165, 1.54) is 0 Å². The first kappa shape index (κ1) is 8.91. The van der Waals surface area contributed by atoms with Gasteiger partial charge in [-0.2, -0.15) is 0 Å². The summed E-state index contributed by atoms with van der Waals surface area (Å²) in [5.74, 6) is 0.197. The molecule has 9 heavy (non-hydrogen) atoms. The van der Waals surface area contributed by atoms with Gasteiger partial charge in [-0.05, 0) is 13.1 Å². The van der Waals surface area contributed by atoms with E-state index in [0.29, 0.717) is 0 Å². The Labute approximate surface area is 57.6 Å². The molecule has 0 fully saturated rings. The van der Waals surface area contributed by atoms with Gasteiger partial charge in [-0.15, -0.1) is 0 Å². The van der Waals surface area contributed by atoms with Gasteiger partial charge in [0.2, 0.25) is 0 Å². The van der Waals surface area contributed by atoms with Crippen molar-refractivity contribution >= 4 is 10.7 Å². The Hall–Kier alpha value is -0.0900. The molecular weight excluding hydrogens is 138 g/mol. The molecule has 0 spiro atoms. The van der Waals surface area contributed by atoms with Crippen molar-refractivity contribution < 1.29 is 8.42 Å². The van der Waals surface area contributed by atoms with E-state index in [9.17, 15) is 8.42 Å². The van der Waals surface area contributed by atoms with E-state index in [-0.39, 0.29) is 5.88 Å². The van der Waals surface area contributed by atoms with Crippen LogP contribution >= 0.6 is 0 Å². The van der Waals surface area contributed by atoms with Crippen molar-refractivity contribution in [2.75, 3.05) is 19.0 Å². The molecule has 0 saturated heterocycles. The second kappa shape index (κ2) is 4.76. The topological polar surface area (TPSA) is 37.4 Å². The molecule has 0 aromatic carbocycles. The van der Waals surface area contributed by atoms with Gasteiger partial charge in [-0.1, -0.05) is 13.8 Å². The first-order valence-corrected chi connectivity index (χ1v) is 4.41. The van der Waals surface area contributed by atoms with Gasteiger partial charge in [0.25, 0.3) is 0 Å². The fraction of sp³-hybridized carbons (Fsp3) is 1.00. The van der Waals surface area contributed by atoms with Crippen LogP contribution in [0.15, 0.2) is 0 Å². The lowest BCUT2D eigenvalue weighted by Gasteiger charge is -2.12. The molecule has 0 radical (unpaired) electrons. The molecule has 0 aliphatic carbocycles. The molecule has 4 heteroatoms. The molecule has 0 heterocycles. The zero-order valence-electron chi connectivity index (χ0n) is 5.83. The number of hydrogen-bond acceptors (Lipinski definition) is 3. The van der Waals surface area contributed by atoms with E-state index < -0.39 is 10.7 Å². The minimum absolute atomic E-state index is 0.197. The molecular formula is C5H13NO2S. The summed E-state index contributed by atoms with van der Waals surface area (Å²) in [6.45, 7) is 5.50. The van der Waals surface area contributed by atoms with Crippen molar-refractivity contribution in [1.29, 1.82) is 0 Å². The van der Waals surface area contributed by atoms with Crippen LogP contribution in [0.4, 0.5) is 0 Å². The first-order chi connectivity index (χ1) is 4.20. The molecule has 0 atom stereocenters. The van der Waals surface area contributed by atoms with Gasteiger partial charge in [0.05, 0.1) is 5.88 Å². The maximum absolute atomic E-state index is 10.1. The Morgan fingerprint density at radius 1 is 1.22 bits per heavy atom. The fourth-order valence-electron chi connectivity index (χ4n) is 0.587. The molecule has 0 unspecified atom stereocenters. The molecule has 0 aliphatic rings. The van der Waals surface area contributed by atoms with Crippen molar-refractivity contribution in [2.45, 2.75) is 13.8 Å². The molecule has 0 saturated carbocycles. The number of hydrogen-bond donors (Lipinski definition) is 1. The summed E-state index contributed by atoms with van der Waals surface area (Å²) >= 11 is 0. The van der Waals surface area contributed by atoms with Crippen LogP contribution in [0.25, 0.3) is 0 Å². The average Bonchev–Trinajstić information content (AvgIpc) is 1.82. The zero-order chi connectivity index (χ0) is 7.28. The van der Waals surface area contributed by atoms with E-state index in [4.69, 9.17) is 0 Å². The van der Waals surface area contributed by atoms with E-state index in [0.717, 1.165) is 13.1 Å². The second-order valence-corrected chi connectivity index (χ2v) is 2.73. The minimum Gasteiger partial charge on any atom is -0.291 e. The van der Waals surface area contributed by atoms with Gasteiger partial charge in [0, 0.05) is 0 Å². The number of rotatable bonds is 4. The summed E-state index contributed by atoms with van der Waals surface area (Å²) in [6.07, 6.45) is 0. The van der Waals surface area contributed by atoms with E-state index >= 15 is 0 Å². The third-order valence-electron chi connectivity index (χ3n) is 1.21. The first-order valence-electron chi connectivity index (χ1n) is 3.04. The van der Waals surface area contributed by atoms with Crippen molar-refractivity contribution in [3.63, 3.8) is 0 Å². The predicted molar refractivity (Wildman–Crippen MR) is 38.1 cm³/mol. The summed E-state index contributed by atoms with van der Waals surface area (Å²) in [6, 6.07) is 0. The van der Waals surface area contributed by atoms with Crippen molar-refractivity contribution in [3.8, 4) is 0 Å². The molecule has 0 bridgehead atoms. The van der Waals surface area contributed by atoms with Crippen LogP contribution in [0.1, 0.15) is 13.8 Å². The third-order valence-corrected chi connectivity index (χ3v) is 1.84. The second-order valence-electron chi connectivity index (χ2n) is 1.78.